The molecule has 0 saturated heterocycles. The van der Waals surface area contributed by atoms with Gasteiger partial charge in [0.2, 0.25) is 0 Å². The minimum Gasteiger partial charge on any atom is -0.342 e. The van der Waals surface area contributed by atoms with E-state index in [0.717, 1.165) is 35.0 Å². The molecule has 0 aliphatic heterocycles. The summed E-state index contributed by atoms with van der Waals surface area (Å²) < 4.78 is 0. The van der Waals surface area contributed by atoms with Gasteiger partial charge in [-0.25, -0.2) is 0 Å². The normalized spacial score (nSPS) is 14.3. The summed E-state index contributed by atoms with van der Waals surface area (Å²) in [7, 11) is 0. The number of anilines is 1. The molecule has 1 aliphatic rings. The summed E-state index contributed by atoms with van der Waals surface area (Å²) in [6.07, 6.45) is 4.64. The molecule has 4 rings (SSSR count). The molecular formula is C24H27N3OS. The van der Waals surface area contributed by atoms with Crippen molar-refractivity contribution >= 4 is 33.9 Å². The summed E-state index contributed by atoms with van der Waals surface area (Å²) in [5.74, 6) is 0. The van der Waals surface area contributed by atoms with Crippen LogP contribution in [-0.4, -0.2) is 21.0 Å². The van der Waals surface area contributed by atoms with E-state index >= 15 is 0 Å². The van der Waals surface area contributed by atoms with E-state index < -0.39 is 0 Å². The number of nitrogens with zero attached hydrogens (tertiary/aromatic N) is 1. The fourth-order valence-electron chi connectivity index (χ4n) is 4.09. The Morgan fingerprint density at radius 1 is 1.07 bits per heavy atom. The lowest BCUT2D eigenvalue weighted by Crippen LogP contribution is -2.42. The summed E-state index contributed by atoms with van der Waals surface area (Å²) in [5.41, 5.74) is 4.96. The molecule has 1 fully saturated rings. The van der Waals surface area contributed by atoms with Gasteiger partial charge in [0, 0.05) is 22.8 Å². The highest BCUT2D eigenvalue weighted by Gasteiger charge is 2.25. The number of H-pyrrole nitrogens is 1. The van der Waals surface area contributed by atoms with E-state index in [9.17, 15) is 4.79 Å². The van der Waals surface area contributed by atoms with E-state index in [1.807, 2.05) is 30.3 Å². The number of fused-ring (bicyclic) bond motifs is 1. The summed E-state index contributed by atoms with van der Waals surface area (Å²) >= 11 is 5.79. The first-order valence-electron chi connectivity index (χ1n) is 10.3. The van der Waals surface area contributed by atoms with Crippen molar-refractivity contribution in [3.05, 3.63) is 75.6 Å². The van der Waals surface area contributed by atoms with Gasteiger partial charge in [0.25, 0.3) is 5.56 Å². The van der Waals surface area contributed by atoms with E-state index in [2.05, 4.69) is 47.2 Å². The van der Waals surface area contributed by atoms with Gasteiger partial charge in [0.05, 0.1) is 6.54 Å². The molecule has 3 aromatic rings. The predicted molar refractivity (Wildman–Crippen MR) is 125 cm³/mol. The van der Waals surface area contributed by atoms with Crippen LogP contribution in [-0.2, 0) is 6.54 Å². The highest BCUT2D eigenvalue weighted by molar-refractivity contribution is 7.80. The summed E-state index contributed by atoms with van der Waals surface area (Å²) in [4.78, 5) is 18.0. The maximum atomic E-state index is 12.7. The lowest BCUT2D eigenvalue weighted by Gasteiger charge is -2.31. The van der Waals surface area contributed by atoms with Gasteiger partial charge in [0.15, 0.2) is 5.11 Å². The predicted octanol–water partition coefficient (Wildman–Crippen LogP) is 5.29. The van der Waals surface area contributed by atoms with Crippen LogP contribution in [0.2, 0.25) is 0 Å². The second-order valence-corrected chi connectivity index (χ2v) is 8.46. The minimum atomic E-state index is -0.0394. The number of aromatic amines is 1. The first-order valence-corrected chi connectivity index (χ1v) is 10.7. The van der Waals surface area contributed by atoms with Crippen molar-refractivity contribution in [3.63, 3.8) is 0 Å². The van der Waals surface area contributed by atoms with Gasteiger partial charge >= 0.3 is 0 Å². The summed E-state index contributed by atoms with van der Waals surface area (Å²) in [6.45, 7) is 4.65. The average Bonchev–Trinajstić information content (AvgIpc) is 3.22. The number of hydrogen-bond donors (Lipinski definition) is 2. The Labute approximate surface area is 176 Å². The SMILES string of the molecule is Cc1ccc(NC(=S)N(Cc2cc3cc(C)ccc3[nH]c2=O)C2CCCC2)cc1. The van der Waals surface area contributed by atoms with Crippen LogP contribution in [0, 0.1) is 13.8 Å². The maximum Gasteiger partial charge on any atom is 0.253 e. The molecule has 1 heterocycles. The van der Waals surface area contributed by atoms with Crippen LogP contribution in [0.3, 0.4) is 0 Å². The van der Waals surface area contributed by atoms with Crippen molar-refractivity contribution in [1.29, 1.82) is 0 Å². The summed E-state index contributed by atoms with van der Waals surface area (Å²) in [6, 6.07) is 16.7. The smallest absolute Gasteiger partial charge is 0.253 e. The number of rotatable bonds is 4. The Morgan fingerprint density at radius 2 is 1.76 bits per heavy atom. The van der Waals surface area contributed by atoms with E-state index in [-0.39, 0.29) is 5.56 Å². The number of hydrogen-bond acceptors (Lipinski definition) is 2. The Morgan fingerprint density at radius 3 is 2.48 bits per heavy atom. The van der Waals surface area contributed by atoms with Gasteiger partial charge in [-0.15, -0.1) is 0 Å². The molecular weight excluding hydrogens is 378 g/mol. The van der Waals surface area contributed by atoms with E-state index in [0.29, 0.717) is 17.7 Å². The number of aryl methyl sites for hydroxylation is 2. The molecule has 2 aromatic carbocycles. The molecule has 29 heavy (non-hydrogen) atoms. The maximum absolute atomic E-state index is 12.7. The lowest BCUT2D eigenvalue weighted by atomic mass is 10.1. The zero-order valence-corrected chi connectivity index (χ0v) is 17.8. The van der Waals surface area contributed by atoms with Crippen molar-refractivity contribution in [2.24, 2.45) is 0 Å². The van der Waals surface area contributed by atoms with E-state index in [1.54, 1.807) is 0 Å². The highest BCUT2D eigenvalue weighted by Crippen LogP contribution is 2.26. The van der Waals surface area contributed by atoms with Gasteiger partial charge in [-0.1, -0.05) is 42.2 Å². The second kappa shape index (κ2) is 8.37. The molecule has 1 saturated carbocycles. The molecule has 0 unspecified atom stereocenters. The van der Waals surface area contributed by atoms with Crippen molar-refractivity contribution < 1.29 is 0 Å². The molecule has 0 spiro atoms. The van der Waals surface area contributed by atoms with Crippen LogP contribution < -0.4 is 10.9 Å². The van der Waals surface area contributed by atoms with Crippen molar-refractivity contribution in [3.8, 4) is 0 Å². The Bertz CT molecular complexity index is 1080. The van der Waals surface area contributed by atoms with Crippen LogP contribution in [0.25, 0.3) is 10.9 Å². The zero-order chi connectivity index (χ0) is 20.4. The lowest BCUT2D eigenvalue weighted by molar-refractivity contribution is 0.311. The van der Waals surface area contributed by atoms with Gasteiger partial charge in [0.1, 0.15) is 0 Å². The Kier molecular flexibility index (Phi) is 5.67. The van der Waals surface area contributed by atoms with E-state index in [1.165, 1.54) is 24.0 Å². The van der Waals surface area contributed by atoms with Gasteiger partial charge in [-0.2, -0.15) is 0 Å². The van der Waals surface area contributed by atoms with Crippen molar-refractivity contribution in [2.45, 2.75) is 52.1 Å². The van der Waals surface area contributed by atoms with Gasteiger partial charge < -0.3 is 15.2 Å². The average molecular weight is 406 g/mol. The molecule has 1 aromatic heterocycles. The highest BCUT2D eigenvalue weighted by atomic mass is 32.1. The summed E-state index contributed by atoms with van der Waals surface area (Å²) in [5, 5.41) is 5.12. The molecule has 0 amide bonds. The standard InChI is InChI=1S/C24H27N3OS/c1-16-7-10-20(11-8-16)25-24(29)27(21-5-3-4-6-21)15-19-14-18-13-17(2)9-12-22(18)26-23(19)28/h7-14,21H,3-6,15H2,1-2H3,(H,25,29)(H,26,28). The van der Waals surface area contributed by atoms with Crippen LogP contribution in [0.15, 0.2) is 53.3 Å². The number of pyridine rings is 1. The third kappa shape index (κ3) is 4.51. The van der Waals surface area contributed by atoms with E-state index in [4.69, 9.17) is 12.2 Å². The molecule has 0 radical (unpaired) electrons. The first-order chi connectivity index (χ1) is 14.0. The number of thiocarbonyl (C=S) groups is 1. The van der Waals surface area contributed by atoms with Crippen LogP contribution in [0.5, 0.6) is 0 Å². The molecule has 4 nitrogen and oxygen atoms in total. The van der Waals surface area contributed by atoms with Crippen LogP contribution >= 0.6 is 12.2 Å². The largest absolute Gasteiger partial charge is 0.342 e. The van der Waals surface area contributed by atoms with Gasteiger partial charge in [-0.05, 0) is 74.6 Å². The van der Waals surface area contributed by atoms with Crippen molar-refractivity contribution in [2.75, 3.05) is 5.32 Å². The zero-order valence-electron chi connectivity index (χ0n) is 17.0. The molecule has 0 bridgehead atoms. The minimum absolute atomic E-state index is 0.0394. The fraction of sp³-hybridized carbons (Fsp3) is 0.333. The van der Waals surface area contributed by atoms with Gasteiger partial charge in [-0.3, -0.25) is 4.79 Å². The molecule has 0 atom stereocenters. The number of aromatic nitrogens is 1. The first kappa shape index (κ1) is 19.6. The molecule has 150 valence electrons. The third-order valence-electron chi connectivity index (χ3n) is 5.75. The Hall–Kier alpha value is -2.66. The third-order valence-corrected chi connectivity index (χ3v) is 6.08. The molecule has 2 N–H and O–H groups in total. The quantitative estimate of drug-likeness (QED) is 0.579. The van der Waals surface area contributed by atoms with Crippen molar-refractivity contribution in [1.82, 2.24) is 9.88 Å². The monoisotopic (exact) mass is 405 g/mol. The number of benzene rings is 2. The number of nitrogens with one attached hydrogen (secondary N) is 2. The molecule has 1 aliphatic carbocycles. The topological polar surface area (TPSA) is 48.1 Å². The second-order valence-electron chi connectivity index (χ2n) is 8.08. The van der Waals surface area contributed by atoms with Crippen LogP contribution in [0.4, 0.5) is 5.69 Å². The fourth-order valence-corrected chi connectivity index (χ4v) is 4.42. The Balaban J connectivity index is 1.62. The molecule has 5 heteroatoms. The van der Waals surface area contributed by atoms with Crippen LogP contribution in [0.1, 0.15) is 42.4 Å².